The van der Waals surface area contributed by atoms with Crippen LogP contribution < -0.4 is 15.6 Å². The number of rotatable bonds is 7. The Balaban J connectivity index is 1.76. The molecular formula is C23H23N5O2. The van der Waals surface area contributed by atoms with Crippen molar-refractivity contribution < 1.29 is 4.74 Å². The summed E-state index contributed by atoms with van der Waals surface area (Å²) in [6.07, 6.45) is 5.20. The maximum Gasteiger partial charge on any atom is 0.267 e. The van der Waals surface area contributed by atoms with Crippen LogP contribution in [0, 0.1) is 0 Å². The Morgan fingerprint density at radius 3 is 2.63 bits per heavy atom. The molecule has 0 amide bonds. The molecule has 0 bridgehead atoms. The number of fused-ring (bicyclic) bond motifs is 1. The molecule has 0 aliphatic heterocycles. The van der Waals surface area contributed by atoms with Gasteiger partial charge < -0.3 is 10.1 Å². The number of ether oxygens (including phenoxy) is 1. The summed E-state index contributed by atoms with van der Waals surface area (Å²) in [7, 11) is 0. The maximum atomic E-state index is 13.4. The first-order valence-electron chi connectivity index (χ1n) is 9.90. The SMILES string of the molecule is CCOc1ccc(-n2c(C(C)NCc3cccnc3)nc3ncccc3c2=O)cc1. The van der Waals surface area contributed by atoms with Gasteiger partial charge in [0.05, 0.1) is 23.7 Å². The average Bonchev–Trinajstić information content (AvgIpc) is 2.79. The van der Waals surface area contributed by atoms with E-state index in [9.17, 15) is 4.79 Å². The molecular weight excluding hydrogens is 378 g/mol. The van der Waals surface area contributed by atoms with Gasteiger partial charge in [-0.05, 0) is 61.9 Å². The van der Waals surface area contributed by atoms with Crippen molar-refractivity contribution >= 4 is 11.0 Å². The van der Waals surface area contributed by atoms with Crippen molar-refractivity contribution in [3.05, 3.63) is 88.9 Å². The lowest BCUT2D eigenvalue weighted by Crippen LogP contribution is -2.30. The van der Waals surface area contributed by atoms with Crippen molar-refractivity contribution in [2.45, 2.75) is 26.4 Å². The van der Waals surface area contributed by atoms with Gasteiger partial charge in [0, 0.05) is 25.1 Å². The summed E-state index contributed by atoms with van der Waals surface area (Å²) in [5, 5.41) is 3.92. The minimum atomic E-state index is -0.198. The Labute approximate surface area is 174 Å². The molecule has 1 unspecified atom stereocenters. The summed E-state index contributed by atoms with van der Waals surface area (Å²) >= 11 is 0. The lowest BCUT2D eigenvalue weighted by molar-refractivity contribution is 0.340. The van der Waals surface area contributed by atoms with Crippen molar-refractivity contribution in [3.8, 4) is 11.4 Å². The molecule has 1 N–H and O–H groups in total. The largest absolute Gasteiger partial charge is 0.494 e. The van der Waals surface area contributed by atoms with Crippen LogP contribution in [0.15, 0.2) is 71.9 Å². The second-order valence-electron chi connectivity index (χ2n) is 6.88. The van der Waals surface area contributed by atoms with Gasteiger partial charge in [-0.1, -0.05) is 6.07 Å². The lowest BCUT2D eigenvalue weighted by atomic mass is 10.2. The lowest BCUT2D eigenvalue weighted by Gasteiger charge is -2.19. The summed E-state index contributed by atoms with van der Waals surface area (Å²) in [6.45, 7) is 5.11. The number of aromatic nitrogens is 4. The molecule has 3 aromatic heterocycles. The molecule has 0 saturated carbocycles. The quantitative estimate of drug-likeness (QED) is 0.511. The Bertz CT molecular complexity index is 1190. The van der Waals surface area contributed by atoms with Gasteiger partial charge in [0.25, 0.3) is 5.56 Å². The fourth-order valence-corrected chi connectivity index (χ4v) is 3.30. The summed E-state index contributed by atoms with van der Waals surface area (Å²) in [5.41, 5.74) is 2.07. The minimum Gasteiger partial charge on any atom is -0.494 e. The Hall–Kier alpha value is -3.58. The third-order valence-corrected chi connectivity index (χ3v) is 4.80. The molecule has 7 heteroatoms. The summed E-state index contributed by atoms with van der Waals surface area (Å²) in [4.78, 5) is 26.5. The van der Waals surface area contributed by atoms with Crippen molar-refractivity contribution in [2.24, 2.45) is 0 Å². The molecule has 0 aliphatic carbocycles. The van der Waals surface area contributed by atoms with Crippen LogP contribution in [0.25, 0.3) is 16.7 Å². The number of hydrogen-bond donors (Lipinski definition) is 1. The molecule has 7 nitrogen and oxygen atoms in total. The number of benzene rings is 1. The summed E-state index contributed by atoms with van der Waals surface area (Å²) in [5.74, 6) is 1.35. The van der Waals surface area contributed by atoms with Crippen molar-refractivity contribution in [1.82, 2.24) is 24.8 Å². The molecule has 0 fully saturated rings. The number of nitrogens with zero attached hydrogens (tertiary/aromatic N) is 4. The highest BCUT2D eigenvalue weighted by atomic mass is 16.5. The van der Waals surface area contributed by atoms with Gasteiger partial charge in [-0.15, -0.1) is 0 Å². The molecule has 0 saturated heterocycles. The zero-order valence-electron chi connectivity index (χ0n) is 16.9. The highest BCUT2D eigenvalue weighted by Gasteiger charge is 2.18. The topological polar surface area (TPSA) is 81.9 Å². The van der Waals surface area contributed by atoms with Gasteiger partial charge in [0.15, 0.2) is 5.65 Å². The fraction of sp³-hybridized carbons (Fsp3) is 0.217. The van der Waals surface area contributed by atoms with E-state index in [1.165, 1.54) is 0 Å². The van der Waals surface area contributed by atoms with Gasteiger partial charge in [-0.3, -0.25) is 14.3 Å². The molecule has 0 radical (unpaired) electrons. The first-order valence-corrected chi connectivity index (χ1v) is 9.90. The van der Waals surface area contributed by atoms with Gasteiger partial charge in [-0.2, -0.15) is 0 Å². The first-order chi connectivity index (χ1) is 14.7. The van der Waals surface area contributed by atoms with Crippen molar-refractivity contribution in [2.75, 3.05) is 6.61 Å². The Morgan fingerprint density at radius 1 is 1.10 bits per heavy atom. The predicted molar refractivity (Wildman–Crippen MR) is 116 cm³/mol. The molecule has 30 heavy (non-hydrogen) atoms. The molecule has 152 valence electrons. The molecule has 4 rings (SSSR count). The Morgan fingerprint density at radius 2 is 1.90 bits per heavy atom. The Kier molecular flexibility index (Phi) is 5.81. The van der Waals surface area contributed by atoms with E-state index in [4.69, 9.17) is 9.72 Å². The molecule has 4 aromatic rings. The highest BCUT2D eigenvalue weighted by Crippen LogP contribution is 2.20. The third-order valence-electron chi connectivity index (χ3n) is 4.80. The van der Waals surface area contributed by atoms with Crippen LogP contribution in [0.5, 0.6) is 5.75 Å². The third kappa shape index (κ3) is 4.06. The molecule has 0 spiro atoms. The van der Waals surface area contributed by atoms with E-state index in [0.717, 1.165) is 17.0 Å². The second kappa shape index (κ2) is 8.84. The molecule has 1 aromatic carbocycles. The van der Waals surface area contributed by atoms with E-state index >= 15 is 0 Å². The normalized spacial score (nSPS) is 12.1. The predicted octanol–water partition coefficient (Wildman–Crippen LogP) is 3.43. The average molecular weight is 401 g/mol. The van der Waals surface area contributed by atoms with E-state index in [1.54, 1.807) is 29.1 Å². The maximum absolute atomic E-state index is 13.4. The minimum absolute atomic E-state index is 0.151. The zero-order valence-corrected chi connectivity index (χ0v) is 16.9. The van der Waals surface area contributed by atoms with E-state index in [1.807, 2.05) is 56.4 Å². The molecule has 3 heterocycles. The number of pyridine rings is 2. The van der Waals surface area contributed by atoms with Gasteiger partial charge >= 0.3 is 0 Å². The van der Waals surface area contributed by atoms with Crippen LogP contribution in [0.4, 0.5) is 0 Å². The van der Waals surface area contributed by atoms with Crippen molar-refractivity contribution in [1.29, 1.82) is 0 Å². The van der Waals surface area contributed by atoms with Crippen LogP contribution in [0.1, 0.15) is 31.3 Å². The van der Waals surface area contributed by atoms with Crippen LogP contribution in [-0.2, 0) is 6.54 Å². The van der Waals surface area contributed by atoms with E-state index < -0.39 is 0 Å². The highest BCUT2D eigenvalue weighted by molar-refractivity contribution is 5.73. The van der Waals surface area contributed by atoms with E-state index in [0.29, 0.717) is 30.0 Å². The van der Waals surface area contributed by atoms with E-state index in [-0.39, 0.29) is 11.6 Å². The van der Waals surface area contributed by atoms with E-state index in [2.05, 4.69) is 15.3 Å². The number of hydrogen-bond acceptors (Lipinski definition) is 6. The van der Waals surface area contributed by atoms with Gasteiger partial charge in [0.1, 0.15) is 11.6 Å². The van der Waals surface area contributed by atoms with Crippen LogP contribution >= 0.6 is 0 Å². The van der Waals surface area contributed by atoms with Crippen LogP contribution in [0.2, 0.25) is 0 Å². The van der Waals surface area contributed by atoms with Crippen LogP contribution in [-0.4, -0.2) is 26.1 Å². The van der Waals surface area contributed by atoms with Crippen molar-refractivity contribution in [3.63, 3.8) is 0 Å². The summed E-state index contributed by atoms with van der Waals surface area (Å²) < 4.78 is 7.17. The molecule has 1 atom stereocenters. The van der Waals surface area contributed by atoms with Gasteiger partial charge in [0.2, 0.25) is 0 Å². The van der Waals surface area contributed by atoms with Gasteiger partial charge in [-0.25, -0.2) is 9.97 Å². The molecule has 0 aliphatic rings. The zero-order chi connectivity index (χ0) is 20.9. The smallest absolute Gasteiger partial charge is 0.267 e. The fourth-order valence-electron chi connectivity index (χ4n) is 3.30. The number of nitrogens with one attached hydrogen (secondary N) is 1. The van der Waals surface area contributed by atoms with Crippen LogP contribution in [0.3, 0.4) is 0 Å². The standard InChI is InChI=1S/C23H23N5O2/c1-3-30-19-10-8-18(9-11-19)28-22(16(2)26-15-17-6-4-12-24-14-17)27-21-20(23(28)29)7-5-13-25-21/h4-14,16,26H,3,15H2,1-2H3. The second-order valence-corrected chi connectivity index (χ2v) is 6.88. The monoisotopic (exact) mass is 401 g/mol. The first kappa shape index (κ1) is 19.7. The summed E-state index contributed by atoms with van der Waals surface area (Å²) in [6, 6.07) is 14.7.